The highest BCUT2D eigenvalue weighted by molar-refractivity contribution is 7.91. The molecule has 2 N–H and O–H groups in total. The van der Waals surface area contributed by atoms with Crippen LogP contribution in [0.2, 0.25) is 5.02 Å². The van der Waals surface area contributed by atoms with Crippen molar-refractivity contribution in [2.24, 2.45) is 0 Å². The SMILES string of the molecule is O=C(CCS(=O)(=O)c1ccc(Cl)cc1)NNC(=O)C1COc2ccccc2O1. The highest BCUT2D eigenvalue weighted by atomic mass is 35.5. The number of carbonyl (C=O) groups is 2. The number of fused-ring (bicyclic) bond motifs is 1. The first-order valence-corrected chi connectivity index (χ1v) is 10.3. The largest absolute Gasteiger partial charge is 0.485 e. The van der Waals surface area contributed by atoms with Crippen molar-refractivity contribution in [3.8, 4) is 11.5 Å². The van der Waals surface area contributed by atoms with E-state index in [0.717, 1.165) is 0 Å². The Kier molecular flexibility index (Phi) is 6.05. The Morgan fingerprint density at radius 3 is 2.43 bits per heavy atom. The summed E-state index contributed by atoms with van der Waals surface area (Å²) < 4.78 is 35.3. The predicted molar refractivity (Wildman–Crippen MR) is 101 cm³/mol. The molecular weight excluding hydrogens is 408 g/mol. The quantitative estimate of drug-likeness (QED) is 0.703. The van der Waals surface area contributed by atoms with Crippen LogP contribution in [-0.2, 0) is 19.4 Å². The van der Waals surface area contributed by atoms with E-state index in [1.54, 1.807) is 24.3 Å². The van der Waals surface area contributed by atoms with Crippen molar-refractivity contribution in [3.63, 3.8) is 0 Å². The molecule has 1 unspecified atom stereocenters. The third-order valence-corrected chi connectivity index (χ3v) is 5.88. The molecule has 0 saturated heterocycles. The molecule has 28 heavy (non-hydrogen) atoms. The second-order valence-electron chi connectivity index (χ2n) is 5.92. The van der Waals surface area contributed by atoms with Crippen LogP contribution in [0.15, 0.2) is 53.4 Å². The molecule has 1 heterocycles. The van der Waals surface area contributed by atoms with Gasteiger partial charge in [0.05, 0.1) is 10.6 Å². The van der Waals surface area contributed by atoms with Crippen molar-refractivity contribution in [1.82, 2.24) is 10.9 Å². The summed E-state index contributed by atoms with van der Waals surface area (Å²) in [6.07, 6.45) is -1.26. The van der Waals surface area contributed by atoms with Gasteiger partial charge >= 0.3 is 0 Å². The highest BCUT2D eigenvalue weighted by Crippen LogP contribution is 2.30. The van der Waals surface area contributed by atoms with Crippen LogP contribution in [0.1, 0.15) is 6.42 Å². The molecule has 0 saturated carbocycles. The van der Waals surface area contributed by atoms with Crippen LogP contribution < -0.4 is 20.3 Å². The number of rotatable bonds is 5. The molecule has 1 aliphatic rings. The molecule has 0 fully saturated rings. The molecule has 0 spiro atoms. The molecule has 1 atom stereocenters. The first-order valence-electron chi connectivity index (χ1n) is 8.31. The van der Waals surface area contributed by atoms with Crippen molar-refractivity contribution in [1.29, 1.82) is 0 Å². The molecule has 1 aliphatic heterocycles. The lowest BCUT2D eigenvalue weighted by atomic mass is 10.2. The van der Waals surface area contributed by atoms with E-state index in [0.29, 0.717) is 16.5 Å². The Morgan fingerprint density at radius 1 is 1.04 bits per heavy atom. The number of sulfone groups is 1. The van der Waals surface area contributed by atoms with E-state index in [4.69, 9.17) is 21.1 Å². The van der Waals surface area contributed by atoms with Crippen LogP contribution in [0.5, 0.6) is 11.5 Å². The molecule has 0 aromatic heterocycles. The third kappa shape index (κ3) is 4.93. The van der Waals surface area contributed by atoms with Crippen molar-refractivity contribution >= 4 is 33.3 Å². The first-order chi connectivity index (χ1) is 13.3. The average Bonchev–Trinajstić information content (AvgIpc) is 2.70. The maximum atomic E-state index is 12.2. The lowest BCUT2D eigenvalue weighted by Crippen LogP contribution is -2.51. The number of ether oxygens (including phenoxy) is 2. The fraction of sp³-hybridized carbons (Fsp3) is 0.222. The van der Waals surface area contributed by atoms with Crippen molar-refractivity contribution in [2.45, 2.75) is 17.4 Å². The van der Waals surface area contributed by atoms with Gasteiger partial charge in [0, 0.05) is 11.4 Å². The van der Waals surface area contributed by atoms with E-state index in [9.17, 15) is 18.0 Å². The maximum absolute atomic E-state index is 12.2. The van der Waals surface area contributed by atoms with Gasteiger partial charge in [0.1, 0.15) is 6.61 Å². The second kappa shape index (κ2) is 8.49. The van der Waals surface area contributed by atoms with Crippen molar-refractivity contribution in [3.05, 3.63) is 53.6 Å². The summed E-state index contributed by atoms with van der Waals surface area (Å²) >= 11 is 5.73. The van der Waals surface area contributed by atoms with Gasteiger partial charge < -0.3 is 9.47 Å². The molecule has 2 amide bonds. The van der Waals surface area contributed by atoms with Crippen molar-refractivity contribution < 1.29 is 27.5 Å². The standard InChI is InChI=1S/C18H17ClN2O6S/c19-12-5-7-13(8-6-12)28(24,25)10-9-17(22)20-21-18(23)16-11-26-14-3-1-2-4-15(14)27-16/h1-8,16H,9-11H2,(H,20,22)(H,21,23). The molecule has 10 heteroatoms. The molecule has 2 aromatic carbocycles. The van der Waals surface area contributed by atoms with E-state index in [1.165, 1.54) is 24.3 Å². The van der Waals surface area contributed by atoms with Gasteiger partial charge in [0.25, 0.3) is 5.91 Å². The molecule has 2 aromatic rings. The Morgan fingerprint density at radius 2 is 1.71 bits per heavy atom. The number of benzene rings is 2. The predicted octanol–water partition coefficient (Wildman–Crippen LogP) is 1.49. The zero-order valence-corrected chi connectivity index (χ0v) is 16.1. The zero-order valence-electron chi connectivity index (χ0n) is 14.6. The molecular formula is C18H17ClN2O6S. The van der Waals surface area contributed by atoms with Crippen LogP contribution in [0, 0.1) is 0 Å². The van der Waals surface area contributed by atoms with Gasteiger partial charge in [-0.25, -0.2) is 8.42 Å². The summed E-state index contributed by atoms with van der Waals surface area (Å²) in [4.78, 5) is 24.1. The molecule has 0 bridgehead atoms. The Balaban J connectivity index is 1.47. The molecule has 8 nitrogen and oxygen atoms in total. The summed E-state index contributed by atoms with van der Waals surface area (Å²) in [5.74, 6) is -0.712. The Labute approximate surface area is 166 Å². The molecule has 148 valence electrons. The monoisotopic (exact) mass is 424 g/mol. The maximum Gasteiger partial charge on any atom is 0.283 e. The first kappa shape index (κ1) is 20.0. The molecule has 0 radical (unpaired) electrons. The third-order valence-electron chi connectivity index (χ3n) is 3.90. The number of carbonyl (C=O) groups excluding carboxylic acids is 2. The lowest BCUT2D eigenvalue weighted by molar-refractivity contribution is -0.135. The van der Waals surface area contributed by atoms with Gasteiger partial charge in [-0.1, -0.05) is 23.7 Å². The number of halogens is 1. The van der Waals surface area contributed by atoms with E-state index < -0.39 is 33.5 Å². The minimum Gasteiger partial charge on any atom is -0.485 e. The average molecular weight is 425 g/mol. The fourth-order valence-corrected chi connectivity index (χ4v) is 3.78. The summed E-state index contributed by atoms with van der Waals surface area (Å²) in [6, 6.07) is 12.6. The van der Waals surface area contributed by atoms with Gasteiger partial charge in [-0.05, 0) is 36.4 Å². The summed E-state index contributed by atoms with van der Waals surface area (Å²) in [6.45, 7) is -0.0103. The second-order valence-corrected chi connectivity index (χ2v) is 8.47. The summed E-state index contributed by atoms with van der Waals surface area (Å²) in [7, 11) is -3.64. The minimum atomic E-state index is -3.64. The zero-order chi connectivity index (χ0) is 20.1. The lowest BCUT2D eigenvalue weighted by Gasteiger charge is -2.25. The molecule has 0 aliphatic carbocycles. The van der Waals surface area contributed by atoms with Crippen LogP contribution in [0.4, 0.5) is 0 Å². The summed E-state index contributed by atoms with van der Waals surface area (Å²) in [5.41, 5.74) is 4.39. The van der Waals surface area contributed by atoms with E-state index in [-0.39, 0.29) is 17.9 Å². The van der Waals surface area contributed by atoms with Gasteiger partial charge in [0.2, 0.25) is 12.0 Å². The van der Waals surface area contributed by atoms with Gasteiger partial charge in [0.15, 0.2) is 21.3 Å². The van der Waals surface area contributed by atoms with Crippen molar-refractivity contribution in [2.75, 3.05) is 12.4 Å². The summed E-state index contributed by atoms with van der Waals surface area (Å²) in [5, 5.41) is 0.413. The van der Waals surface area contributed by atoms with Crippen LogP contribution in [0.25, 0.3) is 0 Å². The van der Waals surface area contributed by atoms with Crippen LogP contribution in [-0.4, -0.2) is 38.7 Å². The topological polar surface area (TPSA) is 111 Å². The number of hydrogen-bond acceptors (Lipinski definition) is 6. The number of para-hydroxylation sites is 2. The van der Waals surface area contributed by atoms with Crippen LogP contribution >= 0.6 is 11.6 Å². The Hall–Kier alpha value is -2.78. The van der Waals surface area contributed by atoms with Gasteiger partial charge in [-0.15, -0.1) is 0 Å². The molecule has 3 rings (SSSR count). The van der Waals surface area contributed by atoms with Gasteiger partial charge in [-0.3, -0.25) is 20.4 Å². The Bertz CT molecular complexity index is 978. The van der Waals surface area contributed by atoms with E-state index >= 15 is 0 Å². The fourth-order valence-electron chi connectivity index (χ4n) is 2.41. The number of hydrogen-bond donors (Lipinski definition) is 2. The minimum absolute atomic E-state index is 0.0103. The normalized spacial score (nSPS) is 15.5. The number of amides is 2. The van der Waals surface area contributed by atoms with E-state index in [1.807, 2.05) is 0 Å². The smallest absolute Gasteiger partial charge is 0.283 e. The van der Waals surface area contributed by atoms with Gasteiger partial charge in [-0.2, -0.15) is 0 Å². The number of hydrazine groups is 1. The highest BCUT2D eigenvalue weighted by Gasteiger charge is 2.27. The number of nitrogens with one attached hydrogen (secondary N) is 2. The van der Waals surface area contributed by atoms with Crippen LogP contribution in [0.3, 0.4) is 0 Å². The van der Waals surface area contributed by atoms with E-state index in [2.05, 4.69) is 10.9 Å².